The van der Waals surface area contributed by atoms with E-state index in [1.807, 2.05) is 30.3 Å². The van der Waals surface area contributed by atoms with Crippen LogP contribution in [0.25, 0.3) is 0 Å². The van der Waals surface area contributed by atoms with E-state index in [4.69, 9.17) is 10.2 Å². The van der Waals surface area contributed by atoms with Crippen LogP contribution in [0.2, 0.25) is 18.1 Å². The zero-order valence-electron chi connectivity index (χ0n) is 12.7. The quantitative estimate of drug-likeness (QED) is 0.816. The highest BCUT2D eigenvalue weighted by atomic mass is 28.4. The summed E-state index contributed by atoms with van der Waals surface area (Å²) < 4.78 is 6.05. The van der Waals surface area contributed by atoms with Crippen LogP contribution in [0, 0.1) is 0 Å². The van der Waals surface area contributed by atoms with Gasteiger partial charge in [0.05, 0.1) is 18.8 Å². The van der Waals surface area contributed by atoms with Crippen LogP contribution in [0.15, 0.2) is 30.3 Å². The summed E-state index contributed by atoms with van der Waals surface area (Å²) in [5, 5.41) is 10.4. The van der Waals surface area contributed by atoms with Crippen LogP contribution < -0.4 is 5.73 Å². The molecule has 0 aliphatic carbocycles. The van der Waals surface area contributed by atoms with Crippen LogP contribution in [-0.2, 0) is 4.43 Å². The highest BCUT2D eigenvalue weighted by molar-refractivity contribution is 6.74. The Morgan fingerprint density at radius 3 is 2.21 bits per heavy atom. The normalized spacial score (nSPS) is 16.2. The van der Waals surface area contributed by atoms with E-state index in [1.54, 1.807) is 0 Å². The number of nitrogens with two attached hydrogens (primary N) is 1. The minimum absolute atomic E-state index is 0.157. The molecule has 0 aromatic heterocycles. The van der Waals surface area contributed by atoms with Crippen molar-refractivity contribution in [1.82, 2.24) is 0 Å². The van der Waals surface area contributed by atoms with Gasteiger partial charge in [0.2, 0.25) is 0 Å². The van der Waals surface area contributed by atoms with Gasteiger partial charge in [0.1, 0.15) is 0 Å². The van der Waals surface area contributed by atoms with Gasteiger partial charge in [-0.25, -0.2) is 0 Å². The van der Waals surface area contributed by atoms with Crippen LogP contribution in [-0.4, -0.2) is 26.1 Å². The van der Waals surface area contributed by atoms with Gasteiger partial charge in [-0.15, -0.1) is 0 Å². The van der Waals surface area contributed by atoms with Crippen molar-refractivity contribution in [3.8, 4) is 0 Å². The maximum Gasteiger partial charge on any atom is 0.192 e. The van der Waals surface area contributed by atoms with Crippen molar-refractivity contribution < 1.29 is 9.53 Å². The first-order valence-electron chi connectivity index (χ1n) is 6.78. The summed E-state index contributed by atoms with van der Waals surface area (Å²) in [4.78, 5) is 0. The standard InChI is InChI=1S/C15H27NO2Si/c1-15(2,3)19(4,5)18-11-13(16)14(17)12-9-7-6-8-10-12/h6-10,13-14,17H,11,16H2,1-5H3/t13-,14-/m1/s1. The molecule has 0 spiro atoms. The number of hydrogen-bond donors (Lipinski definition) is 2. The summed E-state index contributed by atoms with van der Waals surface area (Å²) in [6.07, 6.45) is -0.675. The van der Waals surface area contributed by atoms with Gasteiger partial charge in [0, 0.05) is 0 Å². The Morgan fingerprint density at radius 2 is 1.74 bits per heavy atom. The van der Waals surface area contributed by atoms with Gasteiger partial charge < -0.3 is 15.3 Å². The molecule has 3 nitrogen and oxygen atoms in total. The summed E-state index contributed by atoms with van der Waals surface area (Å²) in [6.45, 7) is 11.4. The first-order valence-corrected chi connectivity index (χ1v) is 9.68. The van der Waals surface area contributed by atoms with E-state index in [-0.39, 0.29) is 5.04 Å². The molecule has 3 N–H and O–H groups in total. The predicted molar refractivity (Wildman–Crippen MR) is 82.5 cm³/mol. The molecule has 4 heteroatoms. The van der Waals surface area contributed by atoms with Crippen molar-refractivity contribution in [1.29, 1.82) is 0 Å². The lowest BCUT2D eigenvalue weighted by molar-refractivity contribution is 0.112. The van der Waals surface area contributed by atoms with E-state index in [0.717, 1.165) is 5.56 Å². The number of rotatable bonds is 5. The SMILES string of the molecule is CC(C)(C)[Si](C)(C)OC[C@@H](N)[C@H](O)c1ccccc1. The average molecular weight is 281 g/mol. The minimum atomic E-state index is -1.81. The number of aliphatic hydroxyl groups is 1. The first kappa shape index (κ1) is 16.4. The summed E-state index contributed by atoms with van der Waals surface area (Å²) >= 11 is 0. The van der Waals surface area contributed by atoms with Crippen molar-refractivity contribution in [2.75, 3.05) is 6.61 Å². The molecule has 0 unspecified atom stereocenters. The number of aliphatic hydroxyl groups excluding tert-OH is 1. The van der Waals surface area contributed by atoms with E-state index in [2.05, 4.69) is 33.9 Å². The second-order valence-corrected chi connectivity index (χ2v) is 11.4. The summed E-state index contributed by atoms with van der Waals surface area (Å²) in [6, 6.07) is 9.11. The van der Waals surface area contributed by atoms with E-state index >= 15 is 0 Å². The van der Waals surface area contributed by atoms with Gasteiger partial charge in [0.25, 0.3) is 0 Å². The lowest BCUT2D eigenvalue weighted by Gasteiger charge is -2.37. The highest BCUT2D eigenvalue weighted by Crippen LogP contribution is 2.36. The Labute approximate surface area is 117 Å². The van der Waals surface area contributed by atoms with Crippen LogP contribution in [0.3, 0.4) is 0 Å². The fraction of sp³-hybridized carbons (Fsp3) is 0.600. The summed E-state index contributed by atoms with van der Waals surface area (Å²) in [7, 11) is -1.81. The third kappa shape index (κ3) is 4.42. The zero-order valence-corrected chi connectivity index (χ0v) is 13.7. The van der Waals surface area contributed by atoms with Crippen molar-refractivity contribution in [3.05, 3.63) is 35.9 Å². The Kier molecular flexibility index (Phi) is 5.32. The smallest absolute Gasteiger partial charge is 0.192 e. The molecule has 0 radical (unpaired) electrons. The molecule has 1 aromatic carbocycles. The van der Waals surface area contributed by atoms with E-state index in [1.165, 1.54) is 0 Å². The van der Waals surface area contributed by atoms with Gasteiger partial charge in [-0.2, -0.15) is 0 Å². The Morgan fingerprint density at radius 1 is 1.21 bits per heavy atom. The topological polar surface area (TPSA) is 55.5 Å². The average Bonchev–Trinajstić information content (AvgIpc) is 2.35. The molecule has 1 rings (SSSR count). The van der Waals surface area contributed by atoms with E-state index in [9.17, 15) is 5.11 Å². The lowest BCUT2D eigenvalue weighted by Crippen LogP contribution is -2.45. The largest absolute Gasteiger partial charge is 0.415 e. The molecule has 0 saturated carbocycles. The third-order valence-corrected chi connectivity index (χ3v) is 8.49. The summed E-state index contributed by atoms with van der Waals surface area (Å²) in [5.74, 6) is 0. The maximum atomic E-state index is 10.2. The van der Waals surface area contributed by atoms with Gasteiger partial charge >= 0.3 is 0 Å². The Balaban J connectivity index is 2.59. The second kappa shape index (κ2) is 6.18. The van der Waals surface area contributed by atoms with Crippen LogP contribution >= 0.6 is 0 Å². The molecule has 0 bridgehead atoms. The van der Waals surface area contributed by atoms with Crippen LogP contribution in [0.5, 0.6) is 0 Å². The molecular formula is C15H27NO2Si. The minimum Gasteiger partial charge on any atom is -0.415 e. The molecule has 0 fully saturated rings. The molecule has 0 amide bonds. The fourth-order valence-corrected chi connectivity index (χ4v) is 2.55. The van der Waals surface area contributed by atoms with Crippen molar-refractivity contribution in [2.45, 2.75) is 51.0 Å². The predicted octanol–water partition coefficient (Wildman–Crippen LogP) is 3.07. The van der Waals surface area contributed by atoms with Gasteiger partial charge in [0.15, 0.2) is 8.32 Å². The van der Waals surface area contributed by atoms with Crippen molar-refractivity contribution in [3.63, 3.8) is 0 Å². The second-order valence-electron chi connectivity index (χ2n) is 6.59. The molecule has 108 valence electrons. The van der Waals surface area contributed by atoms with Gasteiger partial charge in [-0.05, 0) is 23.7 Å². The number of hydrogen-bond acceptors (Lipinski definition) is 3. The zero-order chi connectivity index (χ0) is 14.7. The maximum absolute atomic E-state index is 10.2. The summed E-state index contributed by atoms with van der Waals surface area (Å²) in [5.41, 5.74) is 6.89. The number of benzene rings is 1. The van der Waals surface area contributed by atoms with Crippen LogP contribution in [0.4, 0.5) is 0 Å². The molecule has 0 heterocycles. The molecule has 0 saturated heterocycles. The Bertz CT molecular complexity index is 387. The highest BCUT2D eigenvalue weighted by Gasteiger charge is 2.37. The lowest BCUT2D eigenvalue weighted by atomic mass is 10.0. The molecule has 2 atom stereocenters. The van der Waals surface area contributed by atoms with Crippen molar-refractivity contribution >= 4 is 8.32 Å². The molecule has 19 heavy (non-hydrogen) atoms. The molecule has 1 aromatic rings. The van der Waals surface area contributed by atoms with E-state index < -0.39 is 20.5 Å². The van der Waals surface area contributed by atoms with Gasteiger partial charge in [-0.3, -0.25) is 0 Å². The Hall–Kier alpha value is -0.683. The first-order chi connectivity index (χ1) is 8.65. The van der Waals surface area contributed by atoms with E-state index in [0.29, 0.717) is 6.61 Å². The van der Waals surface area contributed by atoms with Crippen molar-refractivity contribution in [2.24, 2.45) is 5.73 Å². The monoisotopic (exact) mass is 281 g/mol. The third-order valence-electron chi connectivity index (χ3n) is 3.99. The fourth-order valence-electron chi connectivity index (χ4n) is 1.51. The molecular weight excluding hydrogens is 254 g/mol. The molecule has 0 aliphatic heterocycles. The molecule has 0 aliphatic rings. The van der Waals surface area contributed by atoms with Crippen LogP contribution in [0.1, 0.15) is 32.4 Å². The van der Waals surface area contributed by atoms with Gasteiger partial charge in [-0.1, -0.05) is 51.1 Å².